The Morgan fingerprint density at radius 3 is 1.69 bits per heavy atom. The summed E-state index contributed by atoms with van der Waals surface area (Å²) in [4.78, 5) is 29.4. The zero-order valence-corrected chi connectivity index (χ0v) is 17.0. The summed E-state index contributed by atoms with van der Waals surface area (Å²) in [7, 11) is 0. The minimum absolute atomic E-state index is 0.00992. The van der Waals surface area contributed by atoms with Crippen LogP contribution in [-0.4, -0.2) is 23.7 Å². The molecule has 2 fully saturated rings. The summed E-state index contributed by atoms with van der Waals surface area (Å²) in [6.07, 6.45) is 12.4. The van der Waals surface area contributed by atoms with Gasteiger partial charge in [-0.1, -0.05) is 74.9 Å². The zero-order chi connectivity index (χ0) is 19.8. The van der Waals surface area contributed by atoms with Crippen LogP contribution in [0.4, 0.5) is 5.69 Å². The number of carbonyl (C=O) groups is 2. The molecule has 29 heavy (non-hydrogen) atoms. The lowest BCUT2D eigenvalue weighted by Gasteiger charge is -2.44. The molecule has 3 heteroatoms. The molecule has 0 aromatic heterocycles. The van der Waals surface area contributed by atoms with Crippen LogP contribution < -0.4 is 4.90 Å². The van der Waals surface area contributed by atoms with E-state index in [4.69, 9.17) is 0 Å². The zero-order valence-electron chi connectivity index (χ0n) is 17.0. The van der Waals surface area contributed by atoms with Crippen molar-refractivity contribution in [1.82, 2.24) is 0 Å². The number of hydrogen-bond donors (Lipinski definition) is 0. The summed E-state index contributed by atoms with van der Waals surface area (Å²) in [5.74, 6) is 0.00621. The van der Waals surface area contributed by atoms with E-state index in [0.717, 1.165) is 5.69 Å². The van der Waals surface area contributed by atoms with Crippen LogP contribution in [0, 0.1) is 0 Å². The number of ketones is 2. The van der Waals surface area contributed by atoms with Crippen molar-refractivity contribution in [2.75, 3.05) is 4.90 Å². The minimum Gasteiger partial charge on any atom is -0.365 e. The molecule has 0 spiro atoms. The quantitative estimate of drug-likeness (QED) is 0.559. The number of rotatable bonds is 3. The first-order chi connectivity index (χ1) is 14.3. The number of hydrogen-bond acceptors (Lipinski definition) is 3. The Morgan fingerprint density at radius 2 is 1.10 bits per heavy atom. The summed E-state index contributed by atoms with van der Waals surface area (Å²) in [5, 5.41) is 0. The van der Waals surface area contributed by atoms with E-state index in [-0.39, 0.29) is 11.6 Å². The van der Waals surface area contributed by atoms with E-state index in [2.05, 4.69) is 11.0 Å². The second-order valence-electron chi connectivity index (χ2n) is 8.89. The second kappa shape index (κ2) is 7.78. The molecular weight excluding hydrogens is 358 g/mol. The lowest BCUT2D eigenvalue weighted by Crippen LogP contribution is -2.46. The van der Waals surface area contributed by atoms with Crippen molar-refractivity contribution in [2.24, 2.45) is 0 Å². The minimum atomic E-state index is -0.00992. The predicted molar refractivity (Wildman–Crippen MR) is 116 cm³/mol. The first-order valence-corrected chi connectivity index (χ1v) is 11.4. The second-order valence-corrected chi connectivity index (χ2v) is 8.89. The molecule has 0 amide bonds. The molecule has 2 aromatic rings. The van der Waals surface area contributed by atoms with E-state index in [9.17, 15) is 9.59 Å². The topological polar surface area (TPSA) is 37.4 Å². The lowest BCUT2D eigenvalue weighted by atomic mass is 9.81. The summed E-state index contributed by atoms with van der Waals surface area (Å²) >= 11 is 0. The summed E-state index contributed by atoms with van der Waals surface area (Å²) < 4.78 is 0. The predicted octanol–water partition coefficient (Wildman–Crippen LogP) is 5.93. The van der Waals surface area contributed by atoms with Crippen molar-refractivity contribution in [3.05, 3.63) is 64.7 Å². The van der Waals surface area contributed by atoms with E-state index in [1.165, 1.54) is 64.2 Å². The van der Waals surface area contributed by atoms with E-state index in [0.29, 0.717) is 34.3 Å². The van der Waals surface area contributed by atoms with Gasteiger partial charge in [0.05, 0.1) is 5.56 Å². The maximum absolute atomic E-state index is 13.6. The Balaban J connectivity index is 1.64. The summed E-state index contributed by atoms with van der Waals surface area (Å²) in [6.45, 7) is 0. The number of carbonyl (C=O) groups excluding carboxylic acids is 2. The molecule has 2 saturated carbocycles. The van der Waals surface area contributed by atoms with E-state index in [1.807, 2.05) is 24.3 Å². The highest BCUT2D eigenvalue weighted by Gasteiger charge is 2.36. The monoisotopic (exact) mass is 387 g/mol. The van der Waals surface area contributed by atoms with Crippen molar-refractivity contribution >= 4 is 17.3 Å². The van der Waals surface area contributed by atoms with Gasteiger partial charge >= 0.3 is 0 Å². The van der Waals surface area contributed by atoms with Gasteiger partial charge in [-0.15, -0.1) is 0 Å². The maximum Gasteiger partial charge on any atom is 0.196 e. The number of nitrogens with zero attached hydrogens (tertiary/aromatic N) is 1. The van der Waals surface area contributed by atoms with Gasteiger partial charge in [-0.25, -0.2) is 0 Å². The van der Waals surface area contributed by atoms with Crippen molar-refractivity contribution in [2.45, 2.75) is 76.3 Å². The van der Waals surface area contributed by atoms with Crippen molar-refractivity contribution in [1.29, 1.82) is 0 Å². The van der Waals surface area contributed by atoms with Gasteiger partial charge in [0, 0.05) is 34.5 Å². The fourth-order valence-electron chi connectivity index (χ4n) is 5.75. The van der Waals surface area contributed by atoms with E-state index >= 15 is 0 Å². The van der Waals surface area contributed by atoms with Gasteiger partial charge in [0.15, 0.2) is 11.6 Å². The van der Waals surface area contributed by atoms with Crippen LogP contribution in [-0.2, 0) is 0 Å². The van der Waals surface area contributed by atoms with Crippen LogP contribution in [0.15, 0.2) is 42.5 Å². The fourth-order valence-corrected chi connectivity index (χ4v) is 5.75. The van der Waals surface area contributed by atoms with E-state index < -0.39 is 0 Å². The lowest BCUT2D eigenvalue weighted by molar-refractivity contribution is 0.0979. The molecule has 0 radical (unpaired) electrons. The standard InChI is InChI=1S/C26H29NO2/c28-25-20-14-7-8-15-21(20)26(29)24-22(25)16-9-17-23(24)27(18-10-3-1-4-11-18)19-12-5-2-6-13-19/h7-9,14-19H,1-6,10-13H2. The van der Waals surface area contributed by atoms with Gasteiger partial charge in [0.2, 0.25) is 0 Å². The molecule has 0 bridgehead atoms. The molecule has 2 aromatic carbocycles. The number of anilines is 1. The van der Waals surface area contributed by atoms with Gasteiger partial charge in [0.25, 0.3) is 0 Å². The Kier molecular flexibility index (Phi) is 4.99. The highest BCUT2D eigenvalue weighted by atomic mass is 16.1. The van der Waals surface area contributed by atoms with Crippen LogP contribution >= 0.6 is 0 Å². The molecule has 3 nitrogen and oxygen atoms in total. The Bertz CT molecular complexity index is 917. The average molecular weight is 388 g/mol. The van der Waals surface area contributed by atoms with Crippen molar-refractivity contribution < 1.29 is 9.59 Å². The third-order valence-corrected chi connectivity index (χ3v) is 7.14. The smallest absolute Gasteiger partial charge is 0.196 e. The third-order valence-electron chi connectivity index (χ3n) is 7.14. The first-order valence-electron chi connectivity index (χ1n) is 11.4. The molecule has 150 valence electrons. The molecular formula is C26H29NO2. The Labute approximate surface area is 173 Å². The summed E-state index contributed by atoms with van der Waals surface area (Å²) in [6, 6.07) is 14.2. The molecule has 0 saturated heterocycles. The molecule has 0 aliphatic heterocycles. The first kappa shape index (κ1) is 18.6. The Morgan fingerprint density at radius 1 is 0.586 bits per heavy atom. The van der Waals surface area contributed by atoms with Gasteiger partial charge < -0.3 is 4.90 Å². The highest BCUT2D eigenvalue weighted by molar-refractivity contribution is 6.30. The van der Waals surface area contributed by atoms with Crippen LogP contribution in [0.3, 0.4) is 0 Å². The molecule has 3 aliphatic carbocycles. The van der Waals surface area contributed by atoms with Gasteiger partial charge in [-0.2, -0.15) is 0 Å². The van der Waals surface area contributed by atoms with Crippen LogP contribution in [0.2, 0.25) is 0 Å². The van der Waals surface area contributed by atoms with Crippen LogP contribution in [0.1, 0.15) is 96.1 Å². The summed E-state index contributed by atoms with van der Waals surface area (Å²) in [5.41, 5.74) is 3.35. The molecule has 0 heterocycles. The van der Waals surface area contributed by atoms with E-state index in [1.54, 1.807) is 12.1 Å². The molecule has 0 N–H and O–H groups in total. The molecule has 3 aliphatic rings. The normalized spacial score (nSPS) is 20.3. The van der Waals surface area contributed by atoms with Crippen molar-refractivity contribution in [3.63, 3.8) is 0 Å². The van der Waals surface area contributed by atoms with Gasteiger partial charge in [0.1, 0.15) is 0 Å². The highest BCUT2D eigenvalue weighted by Crippen LogP contribution is 2.40. The maximum atomic E-state index is 13.6. The van der Waals surface area contributed by atoms with Gasteiger partial charge in [-0.05, 0) is 31.7 Å². The average Bonchev–Trinajstić information content (AvgIpc) is 2.79. The molecule has 0 unspecified atom stereocenters. The molecule has 5 rings (SSSR count). The largest absolute Gasteiger partial charge is 0.365 e. The van der Waals surface area contributed by atoms with Crippen LogP contribution in [0.5, 0.6) is 0 Å². The van der Waals surface area contributed by atoms with Gasteiger partial charge in [-0.3, -0.25) is 9.59 Å². The molecule has 0 atom stereocenters. The van der Waals surface area contributed by atoms with Crippen LogP contribution in [0.25, 0.3) is 0 Å². The number of fused-ring (bicyclic) bond motifs is 2. The third kappa shape index (κ3) is 3.21. The SMILES string of the molecule is O=C1c2ccccc2C(=O)c2c1cccc2N(C1CCCCC1)C1CCCCC1. The fraction of sp³-hybridized carbons (Fsp3) is 0.462. The number of benzene rings is 2. The Hall–Kier alpha value is -2.42. The van der Waals surface area contributed by atoms with Crippen molar-refractivity contribution in [3.8, 4) is 0 Å².